The fourth-order valence-electron chi connectivity index (χ4n) is 0.897. The highest BCUT2D eigenvalue weighted by Crippen LogP contribution is 2.15. The number of hydrogen-bond acceptors (Lipinski definition) is 3. The maximum Gasteiger partial charge on any atom is 0.384 e. The molecule has 15 heavy (non-hydrogen) atoms. The number of carbonyl (C=O) groups excluding carboxylic acids is 1. The molecule has 0 bridgehead atoms. The van der Waals surface area contributed by atoms with Crippen molar-refractivity contribution >= 4 is 5.97 Å². The van der Waals surface area contributed by atoms with Crippen LogP contribution >= 0.6 is 0 Å². The van der Waals surface area contributed by atoms with Crippen molar-refractivity contribution in [2.24, 2.45) is 0 Å². The summed E-state index contributed by atoms with van der Waals surface area (Å²) in [5.41, 5.74) is 0.0970. The number of esters is 1. The quantitative estimate of drug-likeness (QED) is 0.516. The lowest BCUT2D eigenvalue weighted by Gasteiger charge is -2.00. The van der Waals surface area contributed by atoms with E-state index in [-0.39, 0.29) is 5.56 Å². The Hall–Kier alpha value is -2.02. The molecule has 0 heterocycles. The average molecular weight is 208 g/mol. The van der Waals surface area contributed by atoms with Crippen molar-refractivity contribution in [2.45, 2.75) is 0 Å². The van der Waals surface area contributed by atoms with Gasteiger partial charge in [0, 0.05) is 5.92 Å². The summed E-state index contributed by atoms with van der Waals surface area (Å²) in [4.78, 5) is 10.7. The fourth-order valence-corrected chi connectivity index (χ4v) is 0.897. The molecule has 0 spiro atoms. The predicted octanol–water partition coefficient (Wildman–Crippen LogP) is 1.36. The molecule has 0 saturated carbocycles. The molecule has 0 aliphatic carbocycles. The van der Waals surface area contributed by atoms with E-state index in [2.05, 4.69) is 16.6 Å². The Kier molecular flexibility index (Phi) is 3.69. The summed E-state index contributed by atoms with van der Waals surface area (Å²) in [6.45, 7) is 0. The Bertz CT molecular complexity index is 429. The average Bonchev–Trinajstić information content (AvgIpc) is 2.27. The minimum atomic E-state index is -0.711. The Morgan fingerprint density at radius 1 is 1.40 bits per heavy atom. The molecular formula is C11H9FO3. The molecule has 1 rings (SSSR count). The Balaban J connectivity index is 3.01. The van der Waals surface area contributed by atoms with E-state index in [0.29, 0.717) is 5.75 Å². The monoisotopic (exact) mass is 208 g/mol. The minimum absolute atomic E-state index is 0.0970. The number of ether oxygens (including phenoxy) is 2. The van der Waals surface area contributed by atoms with Crippen LogP contribution < -0.4 is 4.74 Å². The van der Waals surface area contributed by atoms with Crippen LogP contribution in [0.1, 0.15) is 5.56 Å². The Morgan fingerprint density at radius 3 is 2.73 bits per heavy atom. The lowest BCUT2D eigenvalue weighted by Crippen LogP contribution is -1.95. The number of benzene rings is 1. The third-order valence-electron chi connectivity index (χ3n) is 1.66. The molecular weight excluding hydrogens is 199 g/mol. The highest BCUT2D eigenvalue weighted by atomic mass is 19.1. The zero-order valence-corrected chi connectivity index (χ0v) is 8.33. The minimum Gasteiger partial charge on any atom is -0.497 e. The molecule has 0 aliphatic heterocycles. The molecule has 0 aliphatic rings. The normalized spacial score (nSPS) is 8.73. The molecule has 0 saturated heterocycles. The van der Waals surface area contributed by atoms with Gasteiger partial charge in [0.15, 0.2) is 0 Å². The zero-order valence-electron chi connectivity index (χ0n) is 8.33. The largest absolute Gasteiger partial charge is 0.497 e. The summed E-state index contributed by atoms with van der Waals surface area (Å²) >= 11 is 0. The van der Waals surface area contributed by atoms with Crippen LogP contribution in [-0.2, 0) is 9.53 Å². The first-order valence-electron chi connectivity index (χ1n) is 4.11. The Morgan fingerprint density at radius 2 is 2.13 bits per heavy atom. The standard InChI is InChI=1S/C11H9FO3/c1-14-9-4-5-10(12)8(7-9)3-6-11(13)15-2/h4-5,7H,1-2H3. The van der Waals surface area contributed by atoms with E-state index < -0.39 is 11.8 Å². The van der Waals surface area contributed by atoms with Crippen molar-refractivity contribution in [3.63, 3.8) is 0 Å². The van der Waals surface area contributed by atoms with Crippen molar-refractivity contribution < 1.29 is 18.7 Å². The van der Waals surface area contributed by atoms with Gasteiger partial charge in [-0.1, -0.05) is 5.92 Å². The summed E-state index contributed by atoms with van der Waals surface area (Å²) in [5, 5.41) is 0. The summed E-state index contributed by atoms with van der Waals surface area (Å²) in [5.74, 6) is 3.75. The second-order valence-electron chi connectivity index (χ2n) is 2.59. The van der Waals surface area contributed by atoms with Crippen LogP contribution in [0.5, 0.6) is 5.75 Å². The number of rotatable bonds is 1. The summed E-state index contributed by atoms with van der Waals surface area (Å²) < 4.78 is 22.3. The second-order valence-corrected chi connectivity index (χ2v) is 2.59. The number of methoxy groups -OCH3 is 2. The first-order valence-corrected chi connectivity index (χ1v) is 4.11. The lowest BCUT2D eigenvalue weighted by atomic mass is 10.2. The lowest BCUT2D eigenvalue weighted by molar-refractivity contribution is -0.133. The molecule has 0 N–H and O–H groups in total. The molecule has 0 aromatic heterocycles. The van der Waals surface area contributed by atoms with Gasteiger partial charge in [-0.05, 0) is 18.2 Å². The predicted molar refractivity (Wildman–Crippen MR) is 51.8 cm³/mol. The maximum absolute atomic E-state index is 13.2. The van der Waals surface area contributed by atoms with Gasteiger partial charge in [-0.2, -0.15) is 0 Å². The van der Waals surface area contributed by atoms with Crippen LogP contribution in [0.25, 0.3) is 0 Å². The van der Waals surface area contributed by atoms with Crippen molar-refractivity contribution in [1.82, 2.24) is 0 Å². The Labute approximate surface area is 86.8 Å². The van der Waals surface area contributed by atoms with Crippen LogP contribution in [0.15, 0.2) is 18.2 Å². The molecule has 0 unspecified atom stereocenters. The molecule has 4 heteroatoms. The highest BCUT2D eigenvalue weighted by Gasteiger charge is 2.01. The van der Waals surface area contributed by atoms with Crippen LogP contribution in [0.2, 0.25) is 0 Å². The SMILES string of the molecule is COC(=O)C#Cc1cc(OC)ccc1F. The first-order chi connectivity index (χ1) is 7.17. The first kappa shape index (κ1) is 11.1. The fraction of sp³-hybridized carbons (Fsp3) is 0.182. The van der Waals surface area contributed by atoms with Gasteiger partial charge in [-0.3, -0.25) is 0 Å². The van der Waals surface area contributed by atoms with E-state index in [0.717, 1.165) is 0 Å². The van der Waals surface area contributed by atoms with Gasteiger partial charge >= 0.3 is 5.97 Å². The van der Waals surface area contributed by atoms with Crippen molar-refractivity contribution in [2.75, 3.05) is 14.2 Å². The van der Waals surface area contributed by atoms with Crippen LogP contribution in [-0.4, -0.2) is 20.2 Å². The van der Waals surface area contributed by atoms with Crippen molar-refractivity contribution in [3.05, 3.63) is 29.6 Å². The van der Waals surface area contributed by atoms with E-state index in [4.69, 9.17) is 4.74 Å². The number of halogens is 1. The topological polar surface area (TPSA) is 35.5 Å². The second kappa shape index (κ2) is 5.01. The molecule has 78 valence electrons. The van der Waals surface area contributed by atoms with Gasteiger partial charge in [-0.25, -0.2) is 9.18 Å². The van der Waals surface area contributed by atoms with Gasteiger partial charge in [-0.15, -0.1) is 0 Å². The van der Waals surface area contributed by atoms with Crippen LogP contribution in [0.4, 0.5) is 4.39 Å². The highest BCUT2D eigenvalue weighted by molar-refractivity contribution is 5.89. The van der Waals surface area contributed by atoms with E-state index in [1.165, 1.54) is 32.4 Å². The van der Waals surface area contributed by atoms with Gasteiger partial charge in [0.25, 0.3) is 0 Å². The van der Waals surface area contributed by atoms with Crippen LogP contribution in [0, 0.1) is 17.7 Å². The van der Waals surface area contributed by atoms with E-state index >= 15 is 0 Å². The summed E-state index contributed by atoms with van der Waals surface area (Å²) in [6.07, 6.45) is 0. The van der Waals surface area contributed by atoms with E-state index in [1.54, 1.807) is 0 Å². The van der Waals surface area contributed by atoms with E-state index in [9.17, 15) is 9.18 Å². The molecule has 0 amide bonds. The molecule has 1 aromatic carbocycles. The summed E-state index contributed by atoms with van der Waals surface area (Å²) in [7, 11) is 2.67. The van der Waals surface area contributed by atoms with Crippen molar-refractivity contribution in [1.29, 1.82) is 0 Å². The molecule has 0 radical (unpaired) electrons. The molecule has 3 nitrogen and oxygen atoms in total. The van der Waals surface area contributed by atoms with Gasteiger partial charge in [0.1, 0.15) is 11.6 Å². The molecule has 0 atom stereocenters. The van der Waals surface area contributed by atoms with Gasteiger partial charge in [0.05, 0.1) is 19.8 Å². The van der Waals surface area contributed by atoms with Crippen molar-refractivity contribution in [3.8, 4) is 17.6 Å². The number of carbonyl (C=O) groups is 1. The number of hydrogen-bond donors (Lipinski definition) is 0. The summed E-state index contributed by atoms with van der Waals surface area (Å²) in [6, 6.07) is 4.10. The third-order valence-corrected chi connectivity index (χ3v) is 1.66. The zero-order chi connectivity index (χ0) is 11.3. The smallest absolute Gasteiger partial charge is 0.384 e. The van der Waals surface area contributed by atoms with Crippen LogP contribution in [0.3, 0.4) is 0 Å². The van der Waals surface area contributed by atoms with E-state index in [1.807, 2.05) is 0 Å². The maximum atomic E-state index is 13.2. The third kappa shape index (κ3) is 2.99. The van der Waals surface area contributed by atoms with Gasteiger partial charge in [0.2, 0.25) is 0 Å². The van der Waals surface area contributed by atoms with Gasteiger partial charge < -0.3 is 9.47 Å². The molecule has 1 aromatic rings. The molecule has 0 fully saturated rings.